The summed E-state index contributed by atoms with van der Waals surface area (Å²) < 4.78 is 5.22. The summed E-state index contributed by atoms with van der Waals surface area (Å²) in [5.74, 6) is 0.571. The van der Waals surface area contributed by atoms with Crippen LogP contribution in [0.15, 0.2) is 18.2 Å². The minimum absolute atomic E-state index is 0.425. The lowest BCUT2D eigenvalue weighted by Crippen LogP contribution is -2.11. The van der Waals surface area contributed by atoms with Gasteiger partial charge in [-0.1, -0.05) is 0 Å². The molecule has 0 atom stereocenters. The first kappa shape index (κ1) is 11.0. The molecule has 1 aromatic carbocycles. The highest BCUT2D eigenvalue weighted by Gasteiger charge is 2.26. The summed E-state index contributed by atoms with van der Waals surface area (Å²) in [4.78, 5) is 11.3. The number of hydrogen-bond donors (Lipinski definition) is 1. The van der Waals surface area contributed by atoms with E-state index in [0.717, 1.165) is 23.9 Å². The van der Waals surface area contributed by atoms with Crippen molar-refractivity contribution >= 4 is 16.8 Å². The predicted octanol–water partition coefficient (Wildman–Crippen LogP) is 1.61. The van der Waals surface area contributed by atoms with Crippen LogP contribution in [0.4, 0.5) is 0 Å². The summed E-state index contributed by atoms with van der Waals surface area (Å²) >= 11 is 0. The van der Waals surface area contributed by atoms with Gasteiger partial charge in [-0.25, -0.2) is 0 Å². The van der Waals surface area contributed by atoms with Gasteiger partial charge in [0.15, 0.2) is 0 Å². The number of carbonyl (C=O) groups excluding carboxylic acids is 1. The Morgan fingerprint density at radius 2 is 2.11 bits per heavy atom. The Balaban J connectivity index is 2.22. The molecule has 1 aromatic heterocycles. The maximum atomic E-state index is 11.3. The second-order valence-electron chi connectivity index (χ2n) is 4.52. The molecule has 3 rings (SSSR count). The number of ether oxygens (including phenoxy) is 1. The van der Waals surface area contributed by atoms with E-state index in [2.05, 4.69) is 10.2 Å². The first-order valence-electron chi connectivity index (χ1n) is 5.84. The van der Waals surface area contributed by atoms with E-state index in [1.54, 1.807) is 12.1 Å². The van der Waals surface area contributed by atoms with Crippen molar-refractivity contribution in [1.82, 2.24) is 10.2 Å². The van der Waals surface area contributed by atoms with Crippen LogP contribution in [-0.4, -0.2) is 23.2 Å². The number of methoxy groups -OCH3 is 1. The van der Waals surface area contributed by atoms with E-state index in [1.807, 2.05) is 6.07 Å². The largest absolute Gasteiger partial charge is 0.494 e. The Morgan fingerprint density at radius 1 is 1.33 bits per heavy atom. The zero-order valence-electron chi connectivity index (χ0n) is 10.0. The van der Waals surface area contributed by atoms with Crippen LogP contribution in [0.5, 0.6) is 5.75 Å². The van der Waals surface area contributed by atoms with Gasteiger partial charge in [0.2, 0.25) is 5.91 Å². The summed E-state index contributed by atoms with van der Waals surface area (Å²) in [5.41, 5.74) is 7.37. The van der Waals surface area contributed by atoms with Crippen molar-refractivity contribution in [3.63, 3.8) is 0 Å². The van der Waals surface area contributed by atoms with E-state index in [9.17, 15) is 4.79 Å². The van der Waals surface area contributed by atoms with Crippen LogP contribution in [0.25, 0.3) is 10.9 Å². The van der Waals surface area contributed by atoms with Crippen molar-refractivity contribution < 1.29 is 9.53 Å². The molecule has 0 aliphatic heterocycles. The standard InChI is InChI=1S/C13H13N3O2/c1-18-11-6-9(13(14)17)4-8-5-10(7-2-3-7)15-16-12(8)11/h4-7H,2-3H2,1H3,(H2,14,17). The Bertz CT molecular complexity index is 635. The van der Waals surface area contributed by atoms with Gasteiger partial charge in [0, 0.05) is 16.9 Å². The molecule has 1 aliphatic rings. The number of benzene rings is 1. The third-order valence-electron chi connectivity index (χ3n) is 3.17. The second kappa shape index (κ2) is 3.94. The fourth-order valence-electron chi connectivity index (χ4n) is 2.02. The molecule has 0 spiro atoms. The van der Waals surface area contributed by atoms with Gasteiger partial charge < -0.3 is 10.5 Å². The molecule has 0 unspecified atom stereocenters. The minimum Gasteiger partial charge on any atom is -0.494 e. The topological polar surface area (TPSA) is 78.1 Å². The average molecular weight is 243 g/mol. The molecule has 1 heterocycles. The van der Waals surface area contributed by atoms with Gasteiger partial charge in [-0.3, -0.25) is 4.79 Å². The highest BCUT2D eigenvalue weighted by Crippen LogP contribution is 2.39. The van der Waals surface area contributed by atoms with Crippen molar-refractivity contribution in [3.05, 3.63) is 29.5 Å². The van der Waals surface area contributed by atoms with Gasteiger partial charge in [0.1, 0.15) is 11.3 Å². The maximum Gasteiger partial charge on any atom is 0.248 e. The van der Waals surface area contributed by atoms with Crippen molar-refractivity contribution in [2.45, 2.75) is 18.8 Å². The molecule has 2 aromatic rings. The van der Waals surface area contributed by atoms with Crippen molar-refractivity contribution in [1.29, 1.82) is 0 Å². The molecule has 92 valence electrons. The number of hydrogen-bond acceptors (Lipinski definition) is 4. The molecule has 18 heavy (non-hydrogen) atoms. The van der Waals surface area contributed by atoms with Crippen LogP contribution in [0, 0.1) is 0 Å². The smallest absolute Gasteiger partial charge is 0.248 e. The van der Waals surface area contributed by atoms with Crippen LogP contribution in [0.2, 0.25) is 0 Å². The number of aromatic nitrogens is 2. The zero-order chi connectivity index (χ0) is 12.7. The highest BCUT2D eigenvalue weighted by molar-refractivity contribution is 5.98. The SMILES string of the molecule is COc1cc(C(N)=O)cc2cc(C3CC3)nnc12. The normalized spacial score (nSPS) is 14.7. The van der Waals surface area contributed by atoms with Crippen molar-refractivity contribution in [2.75, 3.05) is 7.11 Å². The zero-order valence-corrected chi connectivity index (χ0v) is 10.0. The molecule has 5 nitrogen and oxygen atoms in total. The van der Waals surface area contributed by atoms with Gasteiger partial charge in [-0.05, 0) is 31.0 Å². The fraction of sp³-hybridized carbons (Fsp3) is 0.308. The minimum atomic E-state index is -0.472. The summed E-state index contributed by atoms with van der Waals surface area (Å²) in [6.45, 7) is 0. The number of nitrogens with zero attached hydrogens (tertiary/aromatic N) is 2. The summed E-state index contributed by atoms with van der Waals surface area (Å²) in [6, 6.07) is 5.30. The van der Waals surface area contributed by atoms with E-state index in [0.29, 0.717) is 22.7 Å². The van der Waals surface area contributed by atoms with Crippen LogP contribution in [-0.2, 0) is 0 Å². The van der Waals surface area contributed by atoms with Gasteiger partial charge >= 0.3 is 0 Å². The molecular weight excluding hydrogens is 230 g/mol. The number of primary amides is 1. The highest BCUT2D eigenvalue weighted by atomic mass is 16.5. The summed E-state index contributed by atoms with van der Waals surface area (Å²) in [6.07, 6.45) is 2.32. The molecule has 1 saturated carbocycles. The van der Waals surface area contributed by atoms with E-state index >= 15 is 0 Å². The van der Waals surface area contributed by atoms with E-state index in [-0.39, 0.29) is 0 Å². The molecule has 0 saturated heterocycles. The van der Waals surface area contributed by atoms with Crippen molar-refractivity contribution in [3.8, 4) is 5.75 Å². The molecule has 1 amide bonds. The third kappa shape index (κ3) is 1.77. The molecule has 1 fully saturated rings. The number of carbonyl (C=O) groups is 1. The van der Waals surface area contributed by atoms with Crippen LogP contribution < -0.4 is 10.5 Å². The molecule has 0 radical (unpaired) electrons. The van der Waals surface area contributed by atoms with Gasteiger partial charge in [-0.2, -0.15) is 5.10 Å². The first-order chi connectivity index (χ1) is 8.69. The van der Waals surface area contributed by atoms with Gasteiger partial charge in [0.05, 0.1) is 12.8 Å². The Morgan fingerprint density at radius 3 is 2.72 bits per heavy atom. The first-order valence-corrected chi connectivity index (χ1v) is 5.84. The molecular formula is C13H13N3O2. The molecule has 2 N–H and O–H groups in total. The molecule has 1 aliphatic carbocycles. The Hall–Kier alpha value is -2.17. The number of amides is 1. The van der Waals surface area contributed by atoms with Crippen LogP contribution in [0.3, 0.4) is 0 Å². The lowest BCUT2D eigenvalue weighted by molar-refractivity contribution is 0.1000. The number of nitrogens with two attached hydrogens (primary N) is 1. The van der Waals surface area contributed by atoms with Crippen LogP contribution >= 0.6 is 0 Å². The van der Waals surface area contributed by atoms with Crippen molar-refractivity contribution in [2.24, 2.45) is 5.73 Å². The predicted molar refractivity (Wildman–Crippen MR) is 66.6 cm³/mol. The molecule has 0 bridgehead atoms. The Labute approximate surface area is 104 Å². The fourth-order valence-corrected chi connectivity index (χ4v) is 2.02. The Kier molecular flexibility index (Phi) is 2.40. The van der Waals surface area contributed by atoms with Crippen LogP contribution in [0.1, 0.15) is 34.8 Å². The lowest BCUT2D eigenvalue weighted by atomic mass is 10.1. The quantitative estimate of drug-likeness (QED) is 0.888. The summed E-state index contributed by atoms with van der Waals surface area (Å²) in [5, 5.41) is 9.24. The average Bonchev–Trinajstić information content (AvgIpc) is 3.20. The lowest BCUT2D eigenvalue weighted by Gasteiger charge is -2.07. The monoisotopic (exact) mass is 243 g/mol. The second-order valence-corrected chi connectivity index (χ2v) is 4.52. The van der Waals surface area contributed by atoms with E-state index < -0.39 is 5.91 Å². The summed E-state index contributed by atoms with van der Waals surface area (Å²) in [7, 11) is 1.54. The van der Waals surface area contributed by atoms with Gasteiger partial charge in [0.25, 0.3) is 0 Å². The number of fused-ring (bicyclic) bond motifs is 1. The number of rotatable bonds is 3. The maximum absolute atomic E-state index is 11.3. The van der Waals surface area contributed by atoms with Gasteiger partial charge in [-0.15, -0.1) is 5.10 Å². The third-order valence-corrected chi connectivity index (χ3v) is 3.17. The molecule has 5 heteroatoms. The van der Waals surface area contributed by atoms with E-state index in [4.69, 9.17) is 10.5 Å². The van der Waals surface area contributed by atoms with E-state index in [1.165, 1.54) is 7.11 Å².